The predicted octanol–water partition coefficient (Wildman–Crippen LogP) is 2.03. The number of aromatic hydroxyl groups is 1. The Morgan fingerprint density at radius 3 is 2.80 bits per heavy atom. The molecule has 2 aromatic rings. The Kier molecular flexibility index (Phi) is 2.28. The summed E-state index contributed by atoms with van der Waals surface area (Å²) in [6, 6.07) is 4.83. The van der Waals surface area contributed by atoms with E-state index in [1.165, 1.54) is 12.3 Å². The van der Waals surface area contributed by atoms with Crippen LogP contribution in [-0.4, -0.2) is 14.9 Å². The Bertz CT molecular complexity index is 488. The molecule has 0 spiro atoms. The molecular formula is C10H10ClN3O. The largest absolute Gasteiger partial charge is 0.507 e. The van der Waals surface area contributed by atoms with Crippen LogP contribution in [0.2, 0.25) is 5.02 Å². The van der Waals surface area contributed by atoms with Crippen LogP contribution in [0.4, 0.5) is 5.69 Å². The predicted molar refractivity (Wildman–Crippen MR) is 59.7 cm³/mol. The Labute approximate surface area is 91.9 Å². The van der Waals surface area contributed by atoms with Crippen molar-refractivity contribution < 1.29 is 5.11 Å². The zero-order valence-corrected chi connectivity index (χ0v) is 8.86. The smallest absolute Gasteiger partial charge is 0.125 e. The molecule has 1 aromatic heterocycles. The molecule has 4 nitrogen and oxygen atoms in total. The first-order valence-corrected chi connectivity index (χ1v) is 4.73. The summed E-state index contributed by atoms with van der Waals surface area (Å²) in [4.78, 5) is 0. The molecule has 78 valence electrons. The maximum absolute atomic E-state index is 9.70. The molecule has 0 aliphatic rings. The molecule has 1 heterocycles. The Morgan fingerprint density at radius 1 is 1.47 bits per heavy atom. The van der Waals surface area contributed by atoms with Gasteiger partial charge >= 0.3 is 0 Å². The molecule has 0 fully saturated rings. The van der Waals surface area contributed by atoms with E-state index in [0.717, 1.165) is 0 Å². The lowest BCUT2D eigenvalue weighted by atomic mass is 10.1. The molecule has 0 amide bonds. The van der Waals surface area contributed by atoms with Gasteiger partial charge in [0.05, 0.1) is 16.9 Å². The fraction of sp³-hybridized carbons (Fsp3) is 0.100. The molecule has 2 rings (SSSR count). The third-order valence-corrected chi connectivity index (χ3v) is 2.45. The van der Waals surface area contributed by atoms with Gasteiger partial charge in [0.2, 0.25) is 0 Å². The summed E-state index contributed by atoms with van der Waals surface area (Å²) >= 11 is 5.97. The van der Waals surface area contributed by atoms with Crippen molar-refractivity contribution in [1.82, 2.24) is 9.78 Å². The van der Waals surface area contributed by atoms with Gasteiger partial charge in [-0.2, -0.15) is 5.10 Å². The minimum atomic E-state index is 0.134. The zero-order valence-electron chi connectivity index (χ0n) is 8.11. The van der Waals surface area contributed by atoms with Crippen molar-refractivity contribution in [2.75, 3.05) is 5.73 Å². The van der Waals surface area contributed by atoms with Gasteiger partial charge in [-0.15, -0.1) is 0 Å². The van der Waals surface area contributed by atoms with Gasteiger partial charge in [0.15, 0.2) is 0 Å². The average molecular weight is 224 g/mol. The molecule has 0 radical (unpaired) electrons. The molecule has 0 aliphatic carbocycles. The minimum Gasteiger partial charge on any atom is -0.507 e. The van der Waals surface area contributed by atoms with Crippen molar-refractivity contribution in [3.63, 3.8) is 0 Å². The maximum Gasteiger partial charge on any atom is 0.125 e. The molecule has 15 heavy (non-hydrogen) atoms. The van der Waals surface area contributed by atoms with Crippen molar-refractivity contribution in [3.05, 3.63) is 29.4 Å². The van der Waals surface area contributed by atoms with Gasteiger partial charge in [0, 0.05) is 18.3 Å². The normalized spacial score (nSPS) is 10.5. The second-order valence-electron chi connectivity index (χ2n) is 3.24. The van der Waals surface area contributed by atoms with Crippen molar-refractivity contribution in [2.45, 2.75) is 0 Å². The summed E-state index contributed by atoms with van der Waals surface area (Å²) in [6.07, 6.45) is 1.53. The quantitative estimate of drug-likeness (QED) is 0.574. The molecule has 5 heteroatoms. The van der Waals surface area contributed by atoms with Crippen LogP contribution in [0.1, 0.15) is 0 Å². The summed E-state index contributed by atoms with van der Waals surface area (Å²) in [5, 5.41) is 14.2. The number of aryl methyl sites for hydroxylation is 1. The first kappa shape index (κ1) is 9.86. The fourth-order valence-electron chi connectivity index (χ4n) is 1.46. The van der Waals surface area contributed by atoms with Crippen LogP contribution in [0.3, 0.4) is 0 Å². The van der Waals surface area contributed by atoms with E-state index in [2.05, 4.69) is 5.10 Å². The van der Waals surface area contributed by atoms with Crippen LogP contribution in [0, 0.1) is 0 Å². The average Bonchev–Trinajstić information content (AvgIpc) is 2.51. The van der Waals surface area contributed by atoms with Gasteiger partial charge in [-0.3, -0.25) is 4.68 Å². The number of nitrogens with zero attached hydrogens (tertiary/aromatic N) is 2. The van der Waals surface area contributed by atoms with Crippen molar-refractivity contribution in [1.29, 1.82) is 0 Å². The molecule has 0 aliphatic heterocycles. The number of nitrogens with two attached hydrogens (primary N) is 1. The lowest BCUT2D eigenvalue weighted by molar-refractivity contribution is 0.476. The van der Waals surface area contributed by atoms with Crippen molar-refractivity contribution in [3.8, 4) is 17.0 Å². The third-order valence-electron chi connectivity index (χ3n) is 2.17. The summed E-state index contributed by atoms with van der Waals surface area (Å²) in [6.45, 7) is 0. The number of halogens is 1. The first-order valence-electron chi connectivity index (χ1n) is 4.36. The SMILES string of the molecule is Cn1ncc(Cl)c1-c1cc(N)ccc1O. The second-order valence-corrected chi connectivity index (χ2v) is 3.65. The van der Waals surface area contributed by atoms with E-state index < -0.39 is 0 Å². The topological polar surface area (TPSA) is 64.1 Å². The first-order chi connectivity index (χ1) is 7.09. The Morgan fingerprint density at radius 2 is 2.20 bits per heavy atom. The molecule has 0 saturated heterocycles. The number of rotatable bonds is 1. The molecule has 0 bridgehead atoms. The number of nitrogen functional groups attached to an aromatic ring is 1. The van der Waals surface area contributed by atoms with Gasteiger partial charge < -0.3 is 10.8 Å². The molecule has 0 atom stereocenters. The van der Waals surface area contributed by atoms with E-state index >= 15 is 0 Å². The van der Waals surface area contributed by atoms with Gasteiger partial charge in [-0.25, -0.2) is 0 Å². The Balaban J connectivity index is 2.68. The van der Waals surface area contributed by atoms with Crippen molar-refractivity contribution in [2.24, 2.45) is 7.05 Å². The van der Waals surface area contributed by atoms with Crippen LogP contribution < -0.4 is 5.73 Å². The number of phenols is 1. The summed E-state index contributed by atoms with van der Waals surface area (Å²) in [5.41, 5.74) is 7.46. The number of phenolic OH excluding ortho intramolecular Hbond substituents is 1. The molecular weight excluding hydrogens is 214 g/mol. The second kappa shape index (κ2) is 3.47. The lowest BCUT2D eigenvalue weighted by Crippen LogP contribution is -1.95. The van der Waals surface area contributed by atoms with Crippen LogP contribution in [0.5, 0.6) is 5.75 Å². The minimum absolute atomic E-state index is 0.134. The zero-order chi connectivity index (χ0) is 11.0. The van der Waals surface area contributed by atoms with Crippen LogP contribution >= 0.6 is 11.6 Å². The monoisotopic (exact) mass is 223 g/mol. The van der Waals surface area contributed by atoms with Crippen LogP contribution in [0.25, 0.3) is 11.3 Å². The highest BCUT2D eigenvalue weighted by Gasteiger charge is 2.13. The number of anilines is 1. The highest BCUT2D eigenvalue weighted by atomic mass is 35.5. The van der Waals surface area contributed by atoms with Crippen LogP contribution in [-0.2, 0) is 7.05 Å². The van der Waals surface area contributed by atoms with Gasteiger partial charge in [0.25, 0.3) is 0 Å². The highest BCUT2D eigenvalue weighted by Crippen LogP contribution is 2.34. The maximum atomic E-state index is 9.70. The summed E-state index contributed by atoms with van der Waals surface area (Å²) in [5.74, 6) is 0.134. The van der Waals surface area contributed by atoms with E-state index in [4.69, 9.17) is 17.3 Å². The fourth-order valence-corrected chi connectivity index (χ4v) is 1.72. The number of hydrogen-bond acceptors (Lipinski definition) is 3. The molecule has 0 saturated carbocycles. The molecule has 3 N–H and O–H groups in total. The van der Waals surface area contributed by atoms with Crippen molar-refractivity contribution >= 4 is 17.3 Å². The van der Waals surface area contributed by atoms with Gasteiger partial charge in [-0.05, 0) is 18.2 Å². The van der Waals surface area contributed by atoms with E-state index in [1.54, 1.807) is 23.9 Å². The highest BCUT2D eigenvalue weighted by molar-refractivity contribution is 6.33. The number of aromatic nitrogens is 2. The molecule has 0 unspecified atom stereocenters. The number of hydrogen-bond donors (Lipinski definition) is 2. The standard InChI is InChI=1S/C10H10ClN3O/c1-14-10(8(11)5-13-14)7-4-6(12)2-3-9(7)15/h2-5,15H,12H2,1H3. The van der Waals surface area contributed by atoms with Gasteiger partial charge in [0.1, 0.15) is 5.75 Å². The number of benzene rings is 1. The molecule has 1 aromatic carbocycles. The van der Waals surface area contributed by atoms with E-state index in [9.17, 15) is 5.11 Å². The lowest BCUT2D eigenvalue weighted by Gasteiger charge is -2.06. The van der Waals surface area contributed by atoms with Gasteiger partial charge in [-0.1, -0.05) is 11.6 Å². The summed E-state index contributed by atoms with van der Waals surface area (Å²) < 4.78 is 1.59. The Hall–Kier alpha value is -1.68. The summed E-state index contributed by atoms with van der Waals surface area (Å²) in [7, 11) is 1.75. The van der Waals surface area contributed by atoms with E-state index in [0.29, 0.717) is 22.0 Å². The van der Waals surface area contributed by atoms with Crippen LogP contribution in [0.15, 0.2) is 24.4 Å². The third kappa shape index (κ3) is 1.64. The van der Waals surface area contributed by atoms with E-state index in [1.807, 2.05) is 0 Å². The van der Waals surface area contributed by atoms with E-state index in [-0.39, 0.29) is 5.75 Å².